The van der Waals surface area contributed by atoms with Gasteiger partial charge < -0.3 is 5.11 Å². The molecule has 1 N–H and O–H groups in total. The predicted molar refractivity (Wildman–Crippen MR) is 53.5 cm³/mol. The second-order valence-electron chi connectivity index (χ2n) is 3.28. The first-order valence-electron chi connectivity index (χ1n) is 4.32. The third-order valence-electron chi connectivity index (χ3n) is 1.78. The summed E-state index contributed by atoms with van der Waals surface area (Å²) in [6.07, 6.45) is 4.21. The number of carboxylic acid groups (broad SMARTS) is 1. The minimum Gasteiger partial charge on any atom is -0.478 e. The van der Waals surface area contributed by atoms with Gasteiger partial charge in [0.1, 0.15) is 9.84 Å². The van der Waals surface area contributed by atoms with Gasteiger partial charge in [-0.1, -0.05) is 0 Å². The SMILES string of the molecule is CS(=O)(=O)CCCn1cc(C(=O)O)cn1. The lowest BCUT2D eigenvalue weighted by molar-refractivity contribution is 0.0696. The Morgan fingerprint density at radius 1 is 1.60 bits per heavy atom. The molecule has 1 rings (SSSR count). The van der Waals surface area contributed by atoms with Crippen LogP contribution < -0.4 is 0 Å². The van der Waals surface area contributed by atoms with Gasteiger partial charge in [0, 0.05) is 19.0 Å². The third-order valence-corrected chi connectivity index (χ3v) is 2.81. The molecule has 15 heavy (non-hydrogen) atoms. The van der Waals surface area contributed by atoms with E-state index in [-0.39, 0.29) is 11.3 Å². The molecule has 0 saturated heterocycles. The topological polar surface area (TPSA) is 89.3 Å². The van der Waals surface area contributed by atoms with E-state index in [9.17, 15) is 13.2 Å². The van der Waals surface area contributed by atoms with Crippen LogP contribution in [-0.4, -0.2) is 41.3 Å². The second kappa shape index (κ2) is 4.43. The molecule has 7 heteroatoms. The molecular formula is C8H12N2O4S. The van der Waals surface area contributed by atoms with Crippen molar-refractivity contribution in [2.24, 2.45) is 0 Å². The summed E-state index contributed by atoms with van der Waals surface area (Å²) in [5.74, 6) is -0.959. The Hall–Kier alpha value is -1.37. The Morgan fingerprint density at radius 3 is 2.73 bits per heavy atom. The number of carboxylic acids is 1. The first-order chi connectivity index (χ1) is 6.88. The first kappa shape index (κ1) is 11.7. The summed E-state index contributed by atoms with van der Waals surface area (Å²) < 4.78 is 23.0. The van der Waals surface area contributed by atoms with Gasteiger partial charge in [0.05, 0.1) is 17.5 Å². The van der Waals surface area contributed by atoms with E-state index in [0.717, 1.165) is 0 Å². The molecule has 1 aromatic rings. The highest BCUT2D eigenvalue weighted by Crippen LogP contribution is 1.99. The summed E-state index contributed by atoms with van der Waals surface area (Å²) >= 11 is 0. The highest BCUT2D eigenvalue weighted by Gasteiger charge is 2.06. The van der Waals surface area contributed by atoms with Crippen LogP contribution in [-0.2, 0) is 16.4 Å². The number of sulfone groups is 1. The van der Waals surface area contributed by atoms with Gasteiger partial charge in [-0.05, 0) is 6.42 Å². The molecule has 0 aliphatic heterocycles. The van der Waals surface area contributed by atoms with Crippen LogP contribution in [0.2, 0.25) is 0 Å². The number of nitrogens with zero attached hydrogens (tertiary/aromatic N) is 2. The van der Waals surface area contributed by atoms with Gasteiger partial charge in [-0.2, -0.15) is 5.10 Å². The summed E-state index contributed by atoms with van der Waals surface area (Å²) in [5.41, 5.74) is 0.106. The molecule has 84 valence electrons. The highest BCUT2D eigenvalue weighted by atomic mass is 32.2. The Kier molecular flexibility index (Phi) is 3.46. The molecule has 0 unspecified atom stereocenters. The van der Waals surface area contributed by atoms with Crippen LogP contribution in [0, 0.1) is 0 Å². The fourth-order valence-corrected chi connectivity index (χ4v) is 1.74. The van der Waals surface area contributed by atoms with Crippen molar-refractivity contribution >= 4 is 15.8 Å². The lowest BCUT2D eigenvalue weighted by Gasteiger charge is -1.99. The summed E-state index contributed by atoms with van der Waals surface area (Å²) in [4.78, 5) is 10.5. The predicted octanol–water partition coefficient (Wildman–Crippen LogP) is 0.0160. The summed E-state index contributed by atoms with van der Waals surface area (Å²) in [7, 11) is -2.96. The number of aryl methyl sites for hydroxylation is 1. The number of hydrogen-bond acceptors (Lipinski definition) is 4. The number of hydrogen-bond donors (Lipinski definition) is 1. The quantitative estimate of drug-likeness (QED) is 0.772. The molecule has 0 bridgehead atoms. The molecule has 0 amide bonds. The van der Waals surface area contributed by atoms with Crippen LogP contribution in [0.5, 0.6) is 0 Å². The van der Waals surface area contributed by atoms with Crippen LogP contribution in [0.3, 0.4) is 0 Å². The van der Waals surface area contributed by atoms with Gasteiger partial charge in [-0.3, -0.25) is 4.68 Å². The standard InChI is InChI=1S/C8H12N2O4S/c1-15(13,14)4-2-3-10-6-7(5-9-10)8(11)12/h5-6H,2-4H2,1H3,(H,11,12). The largest absolute Gasteiger partial charge is 0.478 e. The number of aromatic nitrogens is 2. The van der Waals surface area contributed by atoms with Gasteiger partial charge in [0.2, 0.25) is 0 Å². The van der Waals surface area contributed by atoms with Crippen LogP contribution in [0.15, 0.2) is 12.4 Å². The molecule has 0 spiro atoms. The zero-order chi connectivity index (χ0) is 11.5. The molecule has 6 nitrogen and oxygen atoms in total. The molecule has 0 saturated carbocycles. The number of rotatable bonds is 5. The van der Waals surface area contributed by atoms with Crippen LogP contribution in [0.25, 0.3) is 0 Å². The molecule has 1 heterocycles. The average Bonchev–Trinajstić information content (AvgIpc) is 2.50. The van der Waals surface area contributed by atoms with Crippen LogP contribution in [0.4, 0.5) is 0 Å². The van der Waals surface area contributed by atoms with E-state index in [2.05, 4.69) is 5.10 Å². The maximum Gasteiger partial charge on any atom is 0.338 e. The average molecular weight is 232 g/mol. The van der Waals surface area contributed by atoms with Crippen molar-refractivity contribution in [1.29, 1.82) is 0 Å². The van der Waals surface area contributed by atoms with Gasteiger partial charge in [-0.15, -0.1) is 0 Å². The van der Waals surface area contributed by atoms with Gasteiger partial charge in [-0.25, -0.2) is 13.2 Å². The van der Waals surface area contributed by atoms with Crippen molar-refractivity contribution in [3.05, 3.63) is 18.0 Å². The minimum atomic E-state index is -2.96. The molecule has 0 aliphatic carbocycles. The first-order valence-corrected chi connectivity index (χ1v) is 6.38. The van der Waals surface area contributed by atoms with E-state index in [4.69, 9.17) is 5.11 Å². The summed E-state index contributed by atoms with van der Waals surface area (Å²) in [6.45, 7) is 0.403. The van der Waals surface area contributed by atoms with Crippen molar-refractivity contribution in [2.45, 2.75) is 13.0 Å². The maximum absolute atomic E-state index is 10.8. The molecule has 1 aromatic heterocycles. The van der Waals surface area contributed by atoms with E-state index in [1.165, 1.54) is 23.3 Å². The van der Waals surface area contributed by atoms with Gasteiger partial charge >= 0.3 is 5.97 Å². The Morgan fingerprint density at radius 2 is 2.27 bits per heavy atom. The van der Waals surface area contributed by atoms with Crippen molar-refractivity contribution in [2.75, 3.05) is 12.0 Å². The number of aromatic carboxylic acids is 1. The van der Waals surface area contributed by atoms with Gasteiger partial charge in [0.25, 0.3) is 0 Å². The van der Waals surface area contributed by atoms with E-state index in [1.54, 1.807) is 0 Å². The summed E-state index contributed by atoms with van der Waals surface area (Å²) in [5, 5.41) is 12.4. The molecule has 0 aromatic carbocycles. The van der Waals surface area contributed by atoms with E-state index < -0.39 is 15.8 Å². The Labute approximate surface area is 87.4 Å². The molecule has 0 aliphatic rings. The van der Waals surface area contributed by atoms with Crippen LogP contribution >= 0.6 is 0 Å². The zero-order valence-electron chi connectivity index (χ0n) is 8.25. The molecule has 0 atom stereocenters. The molecule has 0 radical (unpaired) electrons. The van der Waals surface area contributed by atoms with Crippen molar-refractivity contribution in [3.63, 3.8) is 0 Å². The third kappa shape index (κ3) is 4.11. The maximum atomic E-state index is 10.8. The van der Waals surface area contributed by atoms with E-state index >= 15 is 0 Å². The normalized spacial score (nSPS) is 11.5. The zero-order valence-corrected chi connectivity index (χ0v) is 9.07. The lowest BCUT2D eigenvalue weighted by atomic mass is 10.4. The van der Waals surface area contributed by atoms with Crippen molar-refractivity contribution < 1.29 is 18.3 Å². The number of carbonyl (C=O) groups is 1. The molecule has 0 fully saturated rings. The second-order valence-corrected chi connectivity index (χ2v) is 5.54. The lowest BCUT2D eigenvalue weighted by Crippen LogP contribution is -2.07. The fraction of sp³-hybridized carbons (Fsp3) is 0.500. The van der Waals surface area contributed by atoms with Crippen molar-refractivity contribution in [1.82, 2.24) is 9.78 Å². The monoisotopic (exact) mass is 232 g/mol. The summed E-state index contributed by atoms with van der Waals surface area (Å²) in [6, 6.07) is 0. The van der Waals surface area contributed by atoms with E-state index in [1.807, 2.05) is 0 Å². The van der Waals surface area contributed by atoms with Gasteiger partial charge in [0.15, 0.2) is 0 Å². The Balaban J connectivity index is 2.48. The fourth-order valence-electron chi connectivity index (χ4n) is 1.09. The van der Waals surface area contributed by atoms with E-state index in [0.29, 0.717) is 13.0 Å². The molecular weight excluding hydrogens is 220 g/mol. The smallest absolute Gasteiger partial charge is 0.338 e. The Bertz CT molecular complexity index is 449. The highest BCUT2D eigenvalue weighted by molar-refractivity contribution is 7.90. The minimum absolute atomic E-state index is 0.0786. The van der Waals surface area contributed by atoms with Crippen LogP contribution in [0.1, 0.15) is 16.8 Å². The van der Waals surface area contributed by atoms with Crippen molar-refractivity contribution in [3.8, 4) is 0 Å².